The van der Waals surface area contributed by atoms with Crippen LogP contribution in [-0.4, -0.2) is 23.1 Å². The molecule has 1 aliphatic carbocycles. The maximum absolute atomic E-state index is 12.5. The number of carbonyl (C=O) groups is 1. The molecule has 1 aromatic rings. The van der Waals surface area contributed by atoms with Crippen molar-refractivity contribution >= 4 is 21.8 Å². The fourth-order valence-electron chi connectivity index (χ4n) is 2.98. The van der Waals surface area contributed by atoms with Crippen molar-refractivity contribution < 1.29 is 4.79 Å². The third kappa shape index (κ3) is 3.44. The van der Waals surface area contributed by atoms with E-state index in [-0.39, 0.29) is 18.0 Å². The number of amides is 1. The first-order valence-corrected chi connectivity index (χ1v) is 8.20. The van der Waals surface area contributed by atoms with Crippen LogP contribution in [0.3, 0.4) is 0 Å². The number of nitrogens with two attached hydrogens (primary N) is 1. The number of halogens is 1. The van der Waals surface area contributed by atoms with E-state index in [1.165, 1.54) is 12.8 Å². The molecule has 0 spiro atoms. The van der Waals surface area contributed by atoms with Crippen molar-refractivity contribution in [3.63, 3.8) is 0 Å². The summed E-state index contributed by atoms with van der Waals surface area (Å²) in [6.45, 7) is 4.80. The van der Waals surface area contributed by atoms with Crippen LogP contribution in [0, 0.1) is 5.92 Å². The zero-order valence-corrected chi connectivity index (χ0v) is 13.8. The molecule has 3 N–H and O–H groups in total. The average Bonchev–Trinajstić information content (AvgIpc) is 2.82. The lowest BCUT2D eigenvalue weighted by Crippen LogP contribution is -2.45. The minimum Gasteiger partial charge on any atom is -0.348 e. The molecule has 112 valence electrons. The molecule has 0 saturated heterocycles. The molecule has 1 aliphatic rings. The third-order valence-electron chi connectivity index (χ3n) is 4.13. The van der Waals surface area contributed by atoms with E-state index in [1.807, 2.05) is 16.8 Å². The zero-order valence-electron chi connectivity index (χ0n) is 12.2. The Morgan fingerprint density at radius 3 is 2.85 bits per heavy atom. The number of hydrogen-bond acceptors (Lipinski definition) is 2. The van der Waals surface area contributed by atoms with Gasteiger partial charge in [0.2, 0.25) is 0 Å². The van der Waals surface area contributed by atoms with Crippen LogP contribution in [0.5, 0.6) is 0 Å². The molecular weight excluding hydrogens is 318 g/mol. The molecule has 2 atom stereocenters. The topological polar surface area (TPSA) is 60.0 Å². The first kappa shape index (κ1) is 15.6. The number of nitrogens with one attached hydrogen (secondary N) is 1. The fourth-order valence-corrected chi connectivity index (χ4v) is 3.41. The van der Waals surface area contributed by atoms with E-state index in [0.29, 0.717) is 18.2 Å². The molecule has 1 heterocycles. The van der Waals surface area contributed by atoms with Crippen molar-refractivity contribution in [3.8, 4) is 0 Å². The van der Waals surface area contributed by atoms with Gasteiger partial charge >= 0.3 is 0 Å². The molecule has 1 amide bonds. The van der Waals surface area contributed by atoms with E-state index in [9.17, 15) is 4.79 Å². The quantitative estimate of drug-likeness (QED) is 0.883. The highest BCUT2D eigenvalue weighted by atomic mass is 79.9. The molecule has 0 radical (unpaired) electrons. The van der Waals surface area contributed by atoms with Crippen LogP contribution in [-0.2, 0) is 0 Å². The second-order valence-corrected chi connectivity index (χ2v) is 6.82. The summed E-state index contributed by atoms with van der Waals surface area (Å²) in [4.78, 5) is 12.5. The SMILES string of the molecule is CC(C)n1cc(Br)cc1C(=O)NC1CCCCC1CN. The van der Waals surface area contributed by atoms with Crippen LogP contribution in [0.25, 0.3) is 0 Å². The molecular formula is C15H24BrN3O. The van der Waals surface area contributed by atoms with Crippen molar-refractivity contribution in [3.05, 3.63) is 22.4 Å². The summed E-state index contributed by atoms with van der Waals surface area (Å²) in [5.74, 6) is 0.424. The summed E-state index contributed by atoms with van der Waals surface area (Å²) >= 11 is 3.45. The summed E-state index contributed by atoms with van der Waals surface area (Å²) in [7, 11) is 0. The number of carbonyl (C=O) groups excluding carboxylic acids is 1. The Morgan fingerprint density at radius 1 is 1.50 bits per heavy atom. The Labute approximate surface area is 129 Å². The van der Waals surface area contributed by atoms with Crippen molar-refractivity contribution in [2.75, 3.05) is 6.54 Å². The molecule has 1 saturated carbocycles. The Hall–Kier alpha value is -0.810. The highest BCUT2D eigenvalue weighted by Gasteiger charge is 2.26. The Bertz CT molecular complexity index is 470. The number of aromatic nitrogens is 1. The van der Waals surface area contributed by atoms with Gasteiger partial charge in [-0.1, -0.05) is 12.8 Å². The minimum absolute atomic E-state index is 0.00903. The normalized spacial score (nSPS) is 23.1. The van der Waals surface area contributed by atoms with Gasteiger partial charge in [-0.05, 0) is 61.1 Å². The summed E-state index contributed by atoms with van der Waals surface area (Å²) in [5, 5.41) is 3.18. The van der Waals surface area contributed by atoms with Gasteiger partial charge in [0.05, 0.1) is 0 Å². The average molecular weight is 342 g/mol. The first-order chi connectivity index (χ1) is 9.52. The molecule has 4 nitrogen and oxygen atoms in total. The van der Waals surface area contributed by atoms with Crippen LogP contribution < -0.4 is 11.1 Å². The molecule has 0 aliphatic heterocycles. The number of hydrogen-bond donors (Lipinski definition) is 2. The van der Waals surface area contributed by atoms with Crippen molar-refractivity contribution in [1.29, 1.82) is 0 Å². The van der Waals surface area contributed by atoms with Gasteiger partial charge in [0.15, 0.2) is 0 Å². The molecule has 1 fully saturated rings. The predicted octanol–water partition coefficient (Wildman–Crippen LogP) is 3.08. The Morgan fingerprint density at radius 2 is 2.20 bits per heavy atom. The molecule has 0 aromatic carbocycles. The summed E-state index contributed by atoms with van der Waals surface area (Å²) in [6, 6.07) is 2.37. The van der Waals surface area contributed by atoms with Gasteiger partial charge < -0.3 is 15.6 Å². The molecule has 0 bridgehead atoms. The molecule has 2 rings (SSSR count). The van der Waals surface area contributed by atoms with E-state index >= 15 is 0 Å². The van der Waals surface area contributed by atoms with Gasteiger partial charge in [0.25, 0.3) is 5.91 Å². The molecule has 1 aromatic heterocycles. The Kier molecular flexibility index (Phi) is 5.27. The van der Waals surface area contributed by atoms with E-state index < -0.39 is 0 Å². The third-order valence-corrected chi connectivity index (χ3v) is 4.57. The maximum atomic E-state index is 12.5. The lowest BCUT2D eigenvalue weighted by molar-refractivity contribution is 0.0897. The minimum atomic E-state index is 0.00903. The summed E-state index contributed by atoms with van der Waals surface area (Å²) in [5.41, 5.74) is 6.54. The number of rotatable bonds is 4. The Balaban J connectivity index is 2.11. The van der Waals surface area contributed by atoms with Gasteiger partial charge in [0.1, 0.15) is 5.69 Å². The van der Waals surface area contributed by atoms with Crippen molar-refractivity contribution in [2.45, 2.75) is 51.6 Å². The van der Waals surface area contributed by atoms with Crippen LogP contribution in [0.2, 0.25) is 0 Å². The highest BCUT2D eigenvalue weighted by molar-refractivity contribution is 9.10. The van der Waals surface area contributed by atoms with Gasteiger partial charge in [-0.25, -0.2) is 0 Å². The summed E-state index contributed by atoms with van der Waals surface area (Å²) in [6.07, 6.45) is 6.52. The van der Waals surface area contributed by atoms with Gasteiger partial charge in [-0.3, -0.25) is 4.79 Å². The monoisotopic (exact) mass is 341 g/mol. The van der Waals surface area contributed by atoms with E-state index in [1.54, 1.807) is 0 Å². The second-order valence-electron chi connectivity index (χ2n) is 5.90. The van der Waals surface area contributed by atoms with Crippen molar-refractivity contribution in [2.24, 2.45) is 11.7 Å². The summed E-state index contributed by atoms with van der Waals surface area (Å²) < 4.78 is 2.94. The molecule has 20 heavy (non-hydrogen) atoms. The highest BCUT2D eigenvalue weighted by Crippen LogP contribution is 2.25. The molecule has 2 unspecified atom stereocenters. The zero-order chi connectivity index (χ0) is 14.7. The van der Waals surface area contributed by atoms with E-state index in [4.69, 9.17) is 5.73 Å². The smallest absolute Gasteiger partial charge is 0.268 e. The van der Waals surface area contributed by atoms with E-state index in [0.717, 1.165) is 17.3 Å². The standard InChI is InChI=1S/C15H24BrN3O/c1-10(2)19-9-12(16)7-14(19)15(20)18-13-6-4-3-5-11(13)8-17/h7,9-11,13H,3-6,8,17H2,1-2H3,(H,18,20). The fraction of sp³-hybridized carbons (Fsp3) is 0.667. The predicted molar refractivity (Wildman–Crippen MR) is 84.8 cm³/mol. The van der Waals surface area contributed by atoms with Gasteiger partial charge in [0, 0.05) is 22.8 Å². The maximum Gasteiger partial charge on any atom is 0.268 e. The largest absolute Gasteiger partial charge is 0.348 e. The van der Waals surface area contributed by atoms with Crippen LogP contribution in [0.4, 0.5) is 0 Å². The van der Waals surface area contributed by atoms with Crippen LogP contribution in [0.15, 0.2) is 16.7 Å². The second kappa shape index (κ2) is 6.76. The number of nitrogens with zero attached hydrogens (tertiary/aromatic N) is 1. The van der Waals surface area contributed by atoms with Gasteiger partial charge in [-0.15, -0.1) is 0 Å². The van der Waals surface area contributed by atoms with Gasteiger partial charge in [-0.2, -0.15) is 0 Å². The van der Waals surface area contributed by atoms with Crippen molar-refractivity contribution in [1.82, 2.24) is 9.88 Å². The van der Waals surface area contributed by atoms with E-state index in [2.05, 4.69) is 35.1 Å². The van der Waals surface area contributed by atoms with Crippen LogP contribution in [0.1, 0.15) is 56.1 Å². The first-order valence-electron chi connectivity index (χ1n) is 7.41. The lowest BCUT2D eigenvalue weighted by atomic mass is 9.84. The molecule has 5 heteroatoms. The lowest BCUT2D eigenvalue weighted by Gasteiger charge is -2.31. The van der Waals surface area contributed by atoms with Crippen LogP contribution >= 0.6 is 15.9 Å².